The molecule has 0 aliphatic heterocycles. The predicted octanol–water partition coefficient (Wildman–Crippen LogP) is 0.981. The van der Waals surface area contributed by atoms with Crippen molar-refractivity contribution in [2.24, 2.45) is 5.73 Å². The fourth-order valence-corrected chi connectivity index (χ4v) is 1.54. The number of thiazole rings is 1. The number of rotatable bonds is 4. The molecule has 0 saturated heterocycles. The number of nitrogens with zero attached hydrogens (tertiary/aromatic N) is 1. The number of nitrogens with one attached hydrogen (secondary N) is 1. The van der Waals surface area contributed by atoms with E-state index in [1.165, 1.54) is 6.20 Å². The molecule has 14 heavy (non-hydrogen) atoms. The number of nitrogens with two attached hydrogens (primary N) is 1. The van der Waals surface area contributed by atoms with Gasteiger partial charge in [-0.2, -0.15) is 0 Å². The molecule has 1 aromatic rings. The molecule has 2 amide bonds. The van der Waals surface area contributed by atoms with Crippen LogP contribution >= 0.6 is 11.3 Å². The zero-order valence-corrected chi connectivity index (χ0v) is 8.56. The SMILES string of the molecule is CCCC(=O)Nc1ncc(C(N)=O)s1. The molecule has 0 radical (unpaired) electrons. The topological polar surface area (TPSA) is 85.1 Å². The summed E-state index contributed by atoms with van der Waals surface area (Å²) in [5.41, 5.74) is 5.04. The van der Waals surface area contributed by atoms with Crippen molar-refractivity contribution in [1.29, 1.82) is 0 Å². The Hall–Kier alpha value is -1.43. The van der Waals surface area contributed by atoms with Crippen LogP contribution in [0.25, 0.3) is 0 Å². The Morgan fingerprint density at radius 3 is 2.86 bits per heavy atom. The molecule has 0 unspecified atom stereocenters. The molecule has 0 atom stereocenters. The highest BCUT2D eigenvalue weighted by Crippen LogP contribution is 2.17. The number of aromatic nitrogens is 1. The smallest absolute Gasteiger partial charge is 0.260 e. The summed E-state index contributed by atoms with van der Waals surface area (Å²) >= 11 is 1.08. The molecule has 0 aromatic carbocycles. The van der Waals surface area contributed by atoms with Gasteiger partial charge in [-0.25, -0.2) is 4.98 Å². The van der Waals surface area contributed by atoms with Crippen LogP contribution in [0.2, 0.25) is 0 Å². The molecular formula is C8H11N3O2S. The Morgan fingerprint density at radius 2 is 2.36 bits per heavy atom. The van der Waals surface area contributed by atoms with E-state index in [1.807, 2.05) is 6.92 Å². The number of carbonyl (C=O) groups is 2. The van der Waals surface area contributed by atoms with E-state index in [4.69, 9.17) is 5.73 Å². The van der Waals surface area contributed by atoms with Gasteiger partial charge in [-0.15, -0.1) is 0 Å². The second kappa shape index (κ2) is 4.71. The molecular weight excluding hydrogens is 202 g/mol. The van der Waals surface area contributed by atoms with Crippen LogP contribution in [0.5, 0.6) is 0 Å². The summed E-state index contributed by atoms with van der Waals surface area (Å²) in [5, 5.41) is 2.99. The van der Waals surface area contributed by atoms with Crippen LogP contribution < -0.4 is 11.1 Å². The van der Waals surface area contributed by atoms with E-state index in [0.717, 1.165) is 17.8 Å². The van der Waals surface area contributed by atoms with Crippen LogP contribution in [0.1, 0.15) is 29.4 Å². The van der Waals surface area contributed by atoms with Crippen LogP contribution in [0.4, 0.5) is 5.13 Å². The zero-order valence-electron chi connectivity index (χ0n) is 7.74. The van der Waals surface area contributed by atoms with Gasteiger partial charge in [-0.1, -0.05) is 18.3 Å². The van der Waals surface area contributed by atoms with Crippen molar-refractivity contribution in [3.05, 3.63) is 11.1 Å². The van der Waals surface area contributed by atoms with E-state index >= 15 is 0 Å². The fourth-order valence-electron chi connectivity index (χ4n) is 0.855. The van der Waals surface area contributed by atoms with Crippen LogP contribution in [0.15, 0.2) is 6.20 Å². The number of hydrogen-bond donors (Lipinski definition) is 2. The first kappa shape index (κ1) is 10.6. The predicted molar refractivity (Wildman–Crippen MR) is 54.2 cm³/mol. The van der Waals surface area contributed by atoms with Crippen molar-refractivity contribution in [2.45, 2.75) is 19.8 Å². The number of anilines is 1. The second-order valence-electron chi connectivity index (χ2n) is 2.69. The van der Waals surface area contributed by atoms with Gasteiger partial charge in [0.2, 0.25) is 5.91 Å². The molecule has 1 rings (SSSR count). The van der Waals surface area contributed by atoms with Gasteiger partial charge < -0.3 is 11.1 Å². The first-order valence-electron chi connectivity index (χ1n) is 4.19. The summed E-state index contributed by atoms with van der Waals surface area (Å²) in [5.74, 6) is -0.628. The van der Waals surface area contributed by atoms with Crippen molar-refractivity contribution in [2.75, 3.05) is 5.32 Å². The average Bonchev–Trinajstić information content (AvgIpc) is 2.53. The lowest BCUT2D eigenvalue weighted by Gasteiger charge is -1.97. The third kappa shape index (κ3) is 2.81. The van der Waals surface area contributed by atoms with Gasteiger partial charge in [0.15, 0.2) is 5.13 Å². The van der Waals surface area contributed by atoms with E-state index in [-0.39, 0.29) is 5.91 Å². The molecule has 5 nitrogen and oxygen atoms in total. The summed E-state index contributed by atoms with van der Waals surface area (Å²) in [6, 6.07) is 0. The van der Waals surface area contributed by atoms with Gasteiger partial charge in [0, 0.05) is 6.42 Å². The standard InChI is InChI=1S/C8H11N3O2S/c1-2-3-6(12)11-8-10-4-5(14-8)7(9)13/h4H,2-3H2,1H3,(H2,9,13)(H,10,11,12). The normalized spacial score (nSPS) is 9.79. The van der Waals surface area contributed by atoms with Crippen LogP contribution in [-0.2, 0) is 4.79 Å². The lowest BCUT2D eigenvalue weighted by atomic mass is 10.3. The van der Waals surface area contributed by atoms with Crippen molar-refractivity contribution in [3.8, 4) is 0 Å². The molecule has 0 aliphatic rings. The minimum atomic E-state index is -0.529. The van der Waals surface area contributed by atoms with E-state index in [2.05, 4.69) is 10.3 Å². The maximum atomic E-state index is 11.1. The first-order chi connectivity index (χ1) is 6.63. The van der Waals surface area contributed by atoms with E-state index in [0.29, 0.717) is 16.4 Å². The fraction of sp³-hybridized carbons (Fsp3) is 0.375. The molecule has 6 heteroatoms. The van der Waals surface area contributed by atoms with E-state index in [1.54, 1.807) is 0 Å². The van der Waals surface area contributed by atoms with Gasteiger partial charge in [-0.3, -0.25) is 9.59 Å². The Morgan fingerprint density at radius 1 is 1.64 bits per heavy atom. The summed E-state index contributed by atoms with van der Waals surface area (Å²) in [6.07, 6.45) is 2.58. The highest BCUT2D eigenvalue weighted by atomic mass is 32.1. The van der Waals surface area contributed by atoms with Crippen LogP contribution in [0, 0.1) is 0 Å². The number of primary amides is 1. The molecule has 76 valence electrons. The van der Waals surface area contributed by atoms with E-state index < -0.39 is 5.91 Å². The average molecular weight is 213 g/mol. The molecule has 0 saturated carbocycles. The monoisotopic (exact) mass is 213 g/mol. The maximum absolute atomic E-state index is 11.1. The number of amides is 2. The molecule has 0 bridgehead atoms. The lowest BCUT2D eigenvalue weighted by Crippen LogP contribution is -2.10. The Bertz CT molecular complexity index is 348. The number of hydrogen-bond acceptors (Lipinski definition) is 4. The molecule has 1 heterocycles. The second-order valence-corrected chi connectivity index (χ2v) is 3.72. The minimum absolute atomic E-state index is 0.0992. The quantitative estimate of drug-likeness (QED) is 0.781. The minimum Gasteiger partial charge on any atom is -0.365 e. The summed E-state index contributed by atoms with van der Waals surface area (Å²) in [6.45, 7) is 1.91. The van der Waals surface area contributed by atoms with Crippen molar-refractivity contribution in [1.82, 2.24) is 4.98 Å². The lowest BCUT2D eigenvalue weighted by molar-refractivity contribution is -0.116. The van der Waals surface area contributed by atoms with Gasteiger partial charge in [-0.05, 0) is 6.42 Å². The first-order valence-corrected chi connectivity index (χ1v) is 5.00. The molecule has 0 aliphatic carbocycles. The summed E-state index contributed by atoms with van der Waals surface area (Å²) < 4.78 is 0. The van der Waals surface area contributed by atoms with Gasteiger partial charge in [0.1, 0.15) is 4.88 Å². The van der Waals surface area contributed by atoms with Gasteiger partial charge in [0.25, 0.3) is 5.91 Å². The third-order valence-corrected chi connectivity index (χ3v) is 2.40. The highest BCUT2D eigenvalue weighted by Gasteiger charge is 2.08. The van der Waals surface area contributed by atoms with Crippen molar-refractivity contribution in [3.63, 3.8) is 0 Å². The summed E-state index contributed by atoms with van der Waals surface area (Å²) in [4.78, 5) is 26.0. The Kier molecular flexibility index (Phi) is 3.58. The maximum Gasteiger partial charge on any atom is 0.260 e. The van der Waals surface area contributed by atoms with Crippen molar-refractivity contribution < 1.29 is 9.59 Å². The zero-order chi connectivity index (χ0) is 10.6. The third-order valence-electron chi connectivity index (χ3n) is 1.47. The molecule has 3 N–H and O–H groups in total. The Labute approximate surface area is 85.3 Å². The van der Waals surface area contributed by atoms with Gasteiger partial charge in [0.05, 0.1) is 6.20 Å². The van der Waals surface area contributed by atoms with Crippen molar-refractivity contribution >= 4 is 28.3 Å². The Balaban J connectivity index is 2.59. The van der Waals surface area contributed by atoms with Gasteiger partial charge >= 0.3 is 0 Å². The number of carbonyl (C=O) groups excluding carboxylic acids is 2. The molecule has 0 fully saturated rings. The molecule has 1 aromatic heterocycles. The van der Waals surface area contributed by atoms with Crippen LogP contribution in [-0.4, -0.2) is 16.8 Å². The highest BCUT2D eigenvalue weighted by molar-refractivity contribution is 7.17. The summed E-state index contributed by atoms with van der Waals surface area (Å²) in [7, 11) is 0. The largest absolute Gasteiger partial charge is 0.365 e. The van der Waals surface area contributed by atoms with E-state index in [9.17, 15) is 9.59 Å². The van der Waals surface area contributed by atoms with Crippen LogP contribution in [0.3, 0.4) is 0 Å². The molecule has 0 spiro atoms.